The predicted molar refractivity (Wildman–Crippen MR) is 216 cm³/mol. The third-order valence-corrected chi connectivity index (χ3v) is 13.5. The second-order valence-electron chi connectivity index (χ2n) is 15.4. The summed E-state index contributed by atoms with van der Waals surface area (Å²) in [6.07, 6.45) is 2.69. The van der Waals surface area contributed by atoms with Crippen LogP contribution in [0, 0.1) is 11.8 Å². The van der Waals surface area contributed by atoms with Crippen LogP contribution in [-0.4, -0.2) is 85.8 Å². The Hall–Kier alpha value is -5.02. The molecule has 55 heavy (non-hydrogen) atoms. The number of amides is 4. The molecule has 0 aliphatic carbocycles. The Bertz CT molecular complexity index is 2460. The van der Waals surface area contributed by atoms with E-state index in [4.69, 9.17) is 14.7 Å². The molecule has 2 aromatic carbocycles. The minimum atomic E-state index is -0.694. The van der Waals surface area contributed by atoms with Gasteiger partial charge in [-0.05, 0) is 72.6 Å². The fourth-order valence-corrected chi connectivity index (χ4v) is 10.5. The van der Waals surface area contributed by atoms with Crippen molar-refractivity contribution in [1.29, 1.82) is 0 Å². The molecule has 6 heterocycles. The van der Waals surface area contributed by atoms with Gasteiger partial charge in [0.15, 0.2) is 0 Å². The molecule has 2 aliphatic rings. The molecule has 4 aromatic heterocycles. The number of thiophene rings is 2. The molecule has 0 unspecified atom stereocenters. The van der Waals surface area contributed by atoms with Crippen LogP contribution in [0.25, 0.3) is 52.0 Å². The Balaban J connectivity index is 1.08. The maximum absolute atomic E-state index is 13.7. The van der Waals surface area contributed by atoms with Crippen LogP contribution in [0.5, 0.6) is 0 Å². The van der Waals surface area contributed by atoms with Crippen molar-refractivity contribution in [2.45, 2.75) is 84.5 Å². The van der Waals surface area contributed by atoms with E-state index in [1.165, 1.54) is 14.0 Å². The van der Waals surface area contributed by atoms with Crippen molar-refractivity contribution in [2.24, 2.45) is 11.8 Å². The highest BCUT2D eigenvalue weighted by atomic mass is 32.1. The van der Waals surface area contributed by atoms with Gasteiger partial charge < -0.3 is 35.1 Å². The number of ether oxygens (including phenoxy) is 1. The predicted octanol–water partition coefficient (Wildman–Crippen LogP) is 7.40. The lowest BCUT2D eigenvalue weighted by atomic mass is 10.0. The maximum Gasteiger partial charge on any atom is 0.407 e. The molecule has 13 nitrogen and oxygen atoms in total. The van der Waals surface area contributed by atoms with E-state index in [1.807, 2.05) is 49.6 Å². The summed E-state index contributed by atoms with van der Waals surface area (Å²) in [5.41, 5.74) is 3.62. The molecule has 0 spiro atoms. The third-order valence-electron chi connectivity index (χ3n) is 10.9. The Kier molecular flexibility index (Phi) is 9.78. The van der Waals surface area contributed by atoms with E-state index in [2.05, 4.69) is 44.9 Å². The van der Waals surface area contributed by atoms with Crippen LogP contribution in [0.1, 0.15) is 84.0 Å². The normalized spacial score (nSPS) is 18.7. The SMILES string of the molecule is COC(=O)N[C@H](C(=O)N1CCC[C@H]1c1nc2ccc3cc(-c4cc5ccc6nc([C@@H]7CCCN7C(=O)[C@@H](NC(C)=O)C(C)C)[nH]c6c5s4)sc3c2[nH]1)C(C)C. The zero-order valence-corrected chi connectivity index (χ0v) is 33.5. The molecule has 6 aromatic rings. The second-order valence-corrected chi connectivity index (χ2v) is 17.5. The molecular formula is C40H46N8O5S2. The lowest BCUT2D eigenvalue weighted by molar-refractivity contribution is -0.138. The summed E-state index contributed by atoms with van der Waals surface area (Å²) in [7, 11) is 1.30. The van der Waals surface area contributed by atoms with Crippen LogP contribution in [0.4, 0.5) is 4.79 Å². The average molecular weight is 783 g/mol. The first-order chi connectivity index (χ1) is 26.4. The molecule has 0 radical (unpaired) electrons. The van der Waals surface area contributed by atoms with Gasteiger partial charge in [0, 0.05) is 29.8 Å². The van der Waals surface area contributed by atoms with Crippen LogP contribution >= 0.6 is 22.7 Å². The number of benzene rings is 2. The van der Waals surface area contributed by atoms with Crippen molar-refractivity contribution in [2.75, 3.05) is 20.2 Å². The van der Waals surface area contributed by atoms with Crippen LogP contribution in [-0.2, 0) is 19.1 Å². The van der Waals surface area contributed by atoms with Gasteiger partial charge in [0.05, 0.1) is 50.7 Å². The topological polar surface area (TPSA) is 165 Å². The van der Waals surface area contributed by atoms with Crippen molar-refractivity contribution >= 4 is 88.7 Å². The first kappa shape index (κ1) is 36.9. The number of carbonyl (C=O) groups excluding carboxylic acids is 4. The molecule has 4 N–H and O–H groups in total. The minimum Gasteiger partial charge on any atom is -0.453 e. The van der Waals surface area contributed by atoms with Crippen LogP contribution in [0.2, 0.25) is 0 Å². The van der Waals surface area contributed by atoms with E-state index < -0.39 is 18.2 Å². The van der Waals surface area contributed by atoms with Gasteiger partial charge in [-0.25, -0.2) is 14.8 Å². The Morgan fingerprint density at radius 1 is 0.745 bits per heavy atom. The lowest BCUT2D eigenvalue weighted by Crippen LogP contribution is -2.51. The number of imidazole rings is 2. The number of fused-ring (bicyclic) bond motifs is 6. The zero-order chi connectivity index (χ0) is 38.7. The van der Waals surface area contributed by atoms with Gasteiger partial charge in [-0.1, -0.05) is 39.8 Å². The molecular weight excluding hydrogens is 737 g/mol. The Labute approximate surface area is 326 Å². The van der Waals surface area contributed by atoms with Crippen LogP contribution < -0.4 is 10.6 Å². The number of hydrogen-bond acceptors (Lipinski definition) is 9. The molecule has 2 aliphatic heterocycles. The summed E-state index contributed by atoms with van der Waals surface area (Å²) >= 11 is 3.44. The number of alkyl carbamates (subject to hydrolysis) is 1. The van der Waals surface area contributed by atoms with Gasteiger partial charge in [0.1, 0.15) is 23.7 Å². The number of aromatic nitrogens is 4. The first-order valence-electron chi connectivity index (χ1n) is 19.0. The van der Waals surface area contributed by atoms with E-state index in [0.29, 0.717) is 13.1 Å². The molecule has 4 amide bonds. The first-order valence-corrected chi connectivity index (χ1v) is 20.6. The number of likely N-dealkylation sites (tertiary alicyclic amines) is 2. The molecule has 288 valence electrons. The molecule has 15 heteroatoms. The van der Waals surface area contributed by atoms with Crippen molar-refractivity contribution in [1.82, 2.24) is 40.4 Å². The summed E-state index contributed by atoms with van der Waals surface area (Å²) in [4.78, 5) is 74.6. The zero-order valence-electron chi connectivity index (χ0n) is 31.8. The highest BCUT2D eigenvalue weighted by Crippen LogP contribution is 2.44. The molecule has 0 bridgehead atoms. The molecule has 2 saturated heterocycles. The number of carbonyl (C=O) groups is 4. The minimum absolute atomic E-state index is 0.0352. The van der Waals surface area contributed by atoms with Gasteiger partial charge in [-0.2, -0.15) is 0 Å². The van der Waals surface area contributed by atoms with Gasteiger partial charge in [-0.3, -0.25) is 14.4 Å². The van der Waals surface area contributed by atoms with Crippen molar-refractivity contribution in [3.05, 3.63) is 48.0 Å². The van der Waals surface area contributed by atoms with E-state index in [-0.39, 0.29) is 41.6 Å². The van der Waals surface area contributed by atoms with E-state index >= 15 is 0 Å². The summed E-state index contributed by atoms with van der Waals surface area (Å²) in [5, 5.41) is 7.81. The summed E-state index contributed by atoms with van der Waals surface area (Å²) in [5.74, 6) is 0.965. The molecule has 0 saturated carbocycles. The Morgan fingerprint density at radius 2 is 1.20 bits per heavy atom. The van der Waals surface area contributed by atoms with Crippen molar-refractivity contribution < 1.29 is 23.9 Å². The van der Waals surface area contributed by atoms with Gasteiger partial charge >= 0.3 is 6.09 Å². The molecule has 2 fully saturated rings. The lowest BCUT2D eigenvalue weighted by Gasteiger charge is -2.30. The average Bonchev–Trinajstić information content (AvgIpc) is 3.99. The number of nitrogens with zero attached hydrogens (tertiary/aromatic N) is 4. The standard InChI is InChI=1S/C40H46N8O5S2/c1-19(2)30(41-21(5)49)38(50)47-15-7-9-26(47)36-42-24-13-11-22-17-28(54-34(22)32(24)44-36)29-18-23-12-14-25-33(35(23)55-29)45-37(43-25)27-10-8-16-48(27)39(51)31(20(3)4)46-40(52)53-6/h11-14,17-20,26-27,30-31H,7-10,15-16H2,1-6H3,(H,41,49)(H,42,44)(H,43,45)(H,46,52)/t26-,27-,30-,31-/m0/s1. The molecule has 4 atom stereocenters. The smallest absolute Gasteiger partial charge is 0.407 e. The summed E-state index contributed by atoms with van der Waals surface area (Å²) in [6.45, 7) is 10.4. The second kappa shape index (κ2) is 14.6. The number of methoxy groups -OCH3 is 1. The fraction of sp³-hybridized carbons (Fsp3) is 0.450. The summed E-state index contributed by atoms with van der Waals surface area (Å²) in [6, 6.07) is 11.0. The van der Waals surface area contributed by atoms with Gasteiger partial charge in [0.2, 0.25) is 17.7 Å². The fourth-order valence-electron chi connectivity index (χ4n) is 8.16. The number of aromatic amines is 2. The van der Waals surface area contributed by atoms with Gasteiger partial charge in [-0.15, -0.1) is 22.7 Å². The third kappa shape index (κ3) is 6.70. The quantitative estimate of drug-likeness (QED) is 0.119. The largest absolute Gasteiger partial charge is 0.453 e. The number of rotatable bonds is 9. The molecule has 8 rings (SSSR count). The number of hydrogen-bond donors (Lipinski definition) is 4. The van der Waals surface area contributed by atoms with Gasteiger partial charge in [0.25, 0.3) is 0 Å². The van der Waals surface area contributed by atoms with Crippen molar-refractivity contribution in [3.63, 3.8) is 0 Å². The Morgan fingerprint density at radius 3 is 1.62 bits per heavy atom. The monoisotopic (exact) mass is 782 g/mol. The van der Waals surface area contributed by atoms with E-state index in [1.54, 1.807) is 22.7 Å². The van der Waals surface area contributed by atoms with E-state index in [0.717, 1.165) is 89.3 Å². The number of nitrogens with one attached hydrogen (secondary N) is 4. The van der Waals surface area contributed by atoms with Crippen LogP contribution in [0.15, 0.2) is 36.4 Å². The maximum atomic E-state index is 13.7. The highest BCUT2D eigenvalue weighted by Gasteiger charge is 2.39. The number of H-pyrrole nitrogens is 2. The van der Waals surface area contributed by atoms with E-state index in [9.17, 15) is 19.2 Å². The summed E-state index contributed by atoms with van der Waals surface area (Å²) < 4.78 is 7.01. The van der Waals surface area contributed by atoms with Crippen LogP contribution in [0.3, 0.4) is 0 Å². The highest BCUT2D eigenvalue weighted by molar-refractivity contribution is 7.29. The van der Waals surface area contributed by atoms with Crippen molar-refractivity contribution in [3.8, 4) is 9.75 Å².